The Labute approximate surface area is 139 Å². The van der Waals surface area contributed by atoms with Crippen molar-refractivity contribution in [1.82, 2.24) is 30.0 Å². The Balaban J connectivity index is 1.42. The number of hydrogen-bond donors (Lipinski definition) is 0. The van der Waals surface area contributed by atoms with Gasteiger partial charge in [-0.15, -0.1) is 0 Å². The van der Waals surface area contributed by atoms with Gasteiger partial charge in [-0.2, -0.15) is 10.1 Å². The highest BCUT2D eigenvalue weighted by Gasteiger charge is 2.28. The second-order valence-corrected chi connectivity index (χ2v) is 6.35. The second kappa shape index (κ2) is 5.86. The zero-order valence-corrected chi connectivity index (χ0v) is 14.1. The van der Waals surface area contributed by atoms with E-state index < -0.39 is 0 Å². The van der Waals surface area contributed by atoms with Crippen LogP contribution in [0.15, 0.2) is 21.3 Å². The van der Waals surface area contributed by atoms with Gasteiger partial charge in [-0.1, -0.05) is 10.3 Å². The maximum absolute atomic E-state index is 5.51. The molecular formula is C16H20N6O2. The van der Waals surface area contributed by atoms with E-state index in [2.05, 4.69) is 25.3 Å². The first-order valence-corrected chi connectivity index (χ1v) is 8.07. The molecule has 3 aromatic heterocycles. The third kappa shape index (κ3) is 2.73. The second-order valence-electron chi connectivity index (χ2n) is 6.35. The van der Waals surface area contributed by atoms with Crippen LogP contribution in [-0.2, 0) is 13.6 Å². The van der Waals surface area contributed by atoms with Crippen molar-refractivity contribution >= 4 is 0 Å². The number of likely N-dealkylation sites (tertiary alicyclic amines) is 1. The normalized spacial score (nSPS) is 18.5. The highest BCUT2D eigenvalue weighted by Crippen LogP contribution is 2.28. The van der Waals surface area contributed by atoms with Crippen LogP contribution in [0.2, 0.25) is 0 Å². The van der Waals surface area contributed by atoms with Crippen molar-refractivity contribution in [3.05, 3.63) is 35.4 Å². The van der Waals surface area contributed by atoms with Crippen LogP contribution in [0.3, 0.4) is 0 Å². The van der Waals surface area contributed by atoms with Crippen LogP contribution in [0, 0.1) is 13.8 Å². The fourth-order valence-electron chi connectivity index (χ4n) is 3.14. The first-order valence-electron chi connectivity index (χ1n) is 8.07. The van der Waals surface area contributed by atoms with Crippen LogP contribution in [0.25, 0.3) is 11.3 Å². The van der Waals surface area contributed by atoms with Crippen molar-refractivity contribution < 1.29 is 9.05 Å². The summed E-state index contributed by atoms with van der Waals surface area (Å²) in [6.07, 6.45) is 2.84. The predicted molar refractivity (Wildman–Crippen MR) is 85.1 cm³/mol. The minimum atomic E-state index is 0.300. The molecule has 4 heterocycles. The van der Waals surface area contributed by atoms with Gasteiger partial charge in [0, 0.05) is 30.9 Å². The highest BCUT2D eigenvalue weighted by molar-refractivity contribution is 5.60. The summed E-state index contributed by atoms with van der Waals surface area (Å²) in [5.41, 5.74) is 2.91. The molecule has 3 aromatic rings. The van der Waals surface area contributed by atoms with Gasteiger partial charge in [0.1, 0.15) is 5.69 Å². The summed E-state index contributed by atoms with van der Waals surface area (Å²) in [4.78, 5) is 6.66. The zero-order chi connectivity index (χ0) is 16.7. The lowest BCUT2D eigenvalue weighted by molar-refractivity contribution is 0.266. The van der Waals surface area contributed by atoms with E-state index in [4.69, 9.17) is 9.05 Å². The molecule has 126 valence electrons. The molecule has 0 spiro atoms. The Morgan fingerprint density at radius 1 is 1.25 bits per heavy atom. The van der Waals surface area contributed by atoms with Gasteiger partial charge in [-0.3, -0.25) is 9.58 Å². The van der Waals surface area contributed by atoms with E-state index >= 15 is 0 Å². The number of aromatic nitrogens is 5. The Kier molecular flexibility index (Phi) is 3.68. The van der Waals surface area contributed by atoms with Crippen LogP contribution in [-0.4, -0.2) is 43.1 Å². The summed E-state index contributed by atoms with van der Waals surface area (Å²) < 4.78 is 12.6. The van der Waals surface area contributed by atoms with Crippen molar-refractivity contribution in [1.29, 1.82) is 0 Å². The van der Waals surface area contributed by atoms with Crippen LogP contribution in [0.4, 0.5) is 0 Å². The molecule has 0 saturated carbocycles. The smallest absolute Gasteiger partial charge is 0.231 e. The maximum atomic E-state index is 5.51. The molecule has 0 bridgehead atoms. The minimum Gasteiger partial charge on any atom is -0.359 e. The number of rotatable bonds is 4. The zero-order valence-electron chi connectivity index (χ0n) is 14.1. The quantitative estimate of drug-likeness (QED) is 0.724. The van der Waals surface area contributed by atoms with Crippen molar-refractivity contribution in [2.45, 2.75) is 32.7 Å². The van der Waals surface area contributed by atoms with Crippen LogP contribution < -0.4 is 0 Å². The standard InChI is InChI=1S/C16H20N6O2/c1-10-14(7-17-21(10)3)15-6-13(23-20-15)9-22-5-4-12(8-22)16-18-11(2)19-24-16/h6-7,12H,4-5,8-9H2,1-3H3/t12-/m1/s1. The van der Waals surface area contributed by atoms with Crippen LogP contribution >= 0.6 is 0 Å². The minimum absolute atomic E-state index is 0.300. The monoisotopic (exact) mass is 328 g/mol. The molecule has 0 radical (unpaired) electrons. The van der Waals surface area contributed by atoms with Crippen molar-refractivity contribution in [3.8, 4) is 11.3 Å². The Morgan fingerprint density at radius 2 is 2.12 bits per heavy atom. The maximum Gasteiger partial charge on any atom is 0.231 e. The lowest BCUT2D eigenvalue weighted by Gasteiger charge is -2.12. The molecule has 4 rings (SSSR count). The summed E-state index contributed by atoms with van der Waals surface area (Å²) in [5, 5.41) is 12.3. The summed E-state index contributed by atoms with van der Waals surface area (Å²) in [7, 11) is 1.92. The molecule has 24 heavy (non-hydrogen) atoms. The molecule has 1 aliphatic heterocycles. The Hall–Kier alpha value is -2.48. The fourth-order valence-corrected chi connectivity index (χ4v) is 3.14. The average Bonchev–Trinajstić information content (AvgIpc) is 3.31. The van der Waals surface area contributed by atoms with Crippen LogP contribution in [0.5, 0.6) is 0 Å². The summed E-state index contributed by atoms with van der Waals surface area (Å²) in [6, 6.07) is 1.99. The van der Waals surface area contributed by atoms with Crippen molar-refractivity contribution in [3.63, 3.8) is 0 Å². The molecule has 0 aliphatic carbocycles. The van der Waals surface area contributed by atoms with E-state index in [0.29, 0.717) is 11.7 Å². The topological polar surface area (TPSA) is 86.0 Å². The van der Waals surface area contributed by atoms with E-state index in [1.807, 2.05) is 37.8 Å². The highest BCUT2D eigenvalue weighted by atomic mass is 16.5. The van der Waals surface area contributed by atoms with E-state index in [9.17, 15) is 0 Å². The predicted octanol–water partition coefficient (Wildman–Crippen LogP) is 2.06. The van der Waals surface area contributed by atoms with E-state index in [0.717, 1.165) is 54.7 Å². The molecule has 0 amide bonds. The molecule has 1 saturated heterocycles. The van der Waals surface area contributed by atoms with Gasteiger partial charge in [-0.05, 0) is 26.8 Å². The lowest BCUT2D eigenvalue weighted by atomic mass is 10.1. The molecular weight excluding hydrogens is 308 g/mol. The van der Waals surface area contributed by atoms with Crippen molar-refractivity contribution in [2.75, 3.05) is 13.1 Å². The van der Waals surface area contributed by atoms with Crippen LogP contribution in [0.1, 0.15) is 35.5 Å². The van der Waals surface area contributed by atoms with Gasteiger partial charge in [0.25, 0.3) is 0 Å². The van der Waals surface area contributed by atoms with Gasteiger partial charge < -0.3 is 9.05 Å². The number of hydrogen-bond acceptors (Lipinski definition) is 7. The summed E-state index contributed by atoms with van der Waals surface area (Å²) >= 11 is 0. The fraction of sp³-hybridized carbons (Fsp3) is 0.500. The van der Waals surface area contributed by atoms with Gasteiger partial charge in [0.15, 0.2) is 11.6 Å². The largest absolute Gasteiger partial charge is 0.359 e. The molecule has 1 fully saturated rings. The molecule has 1 atom stereocenters. The first-order chi connectivity index (χ1) is 11.6. The van der Waals surface area contributed by atoms with E-state index in [1.54, 1.807) is 0 Å². The Bertz CT molecular complexity index is 849. The lowest BCUT2D eigenvalue weighted by Crippen LogP contribution is -2.19. The molecule has 0 N–H and O–H groups in total. The first kappa shape index (κ1) is 15.1. The van der Waals surface area contributed by atoms with E-state index in [1.165, 1.54) is 0 Å². The van der Waals surface area contributed by atoms with Gasteiger partial charge in [0.2, 0.25) is 5.89 Å². The SMILES string of the molecule is Cc1noc([C@@H]2CCN(Cc3cc(-c4cnn(C)c4C)no3)C2)n1. The van der Waals surface area contributed by atoms with Gasteiger partial charge >= 0.3 is 0 Å². The van der Waals surface area contributed by atoms with Gasteiger partial charge in [-0.25, -0.2) is 0 Å². The third-order valence-electron chi connectivity index (χ3n) is 4.61. The molecule has 0 aromatic carbocycles. The molecule has 1 aliphatic rings. The summed E-state index contributed by atoms with van der Waals surface area (Å²) in [6.45, 7) is 6.47. The molecule has 0 unspecified atom stereocenters. The van der Waals surface area contributed by atoms with Crippen molar-refractivity contribution in [2.24, 2.45) is 7.05 Å². The third-order valence-corrected chi connectivity index (χ3v) is 4.61. The number of nitrogens with zero attached hydrogens (tertiary/aromatic N) is 6. The Morgan fingerprint density at radius 3 is 2.83 bits per heavy atom. The van der Waals surface area contributed by atoms with E-state index in [-0.39, 0.29) is 0 Å². The average molecular weight is 328 g/mol. The van der Waals surface area contributed by atoms with Gasteiger partial charge in [0.05, 0.1) is 18.7 Å². The molecule has 8 heteroatoms. The molecule has 8 nitrogen and oxygen atoms in total. The summed E-state index contributed by atoms with van der Waals surface area (Å²) in [5.74, 6) is 2.58. The number of aryl methyl sites for hydroxylation is 2.